The van der Waals surface area contributed by atoms with E-state index in [0.29, 0.717) is 39.1 Å². The summed E-state index contributed by atoms with van der Waals surface area (Å²) < 4.78 is 47.3. The highest BCUT2D eigenvalue weighted by atomic mass is 32.2. The minimum Gasteiger partial charge on any atom is -0.315 e. The van der Waals surface area contributed by atoms with Crippen LogP contribution in [0.3, 0.4) is 0 Å². The van der Waals surface area contributed by atoms with Crippen LogP contribution in [0.2, 0.25) is 0 Å². The molecule has 1 spiro atoms. The molecule has 0 radical (unpaired) electrons. The Morgan fingerprint density at radius 2 is 1.75 bits per heavy atom. The highest BCUT2D eigenvalue weighted by Crippen LogP contribution is 2.62. The number of rotatable bonds is 5. The molecule has 2 rings (SSSR count). The average molecular weight is 325 g/mol. The fourth-order valence-corrected chi connectivity index (χ4v) is 7.44. The Labute approximate surface area is 121 Å². The van der Waals surface area contributed by atoms with E-state index in [9.17, 15) is 13.0 Å². The van der Waals surface area contributed by atoms with E-state index in [4.69, 9.17) is 9.05 Å². The van der Waals surface area contributed by atoms with E-state index in [1.165, 1.54) is 0 Å². The van der Waals surface area contributed by atoms with Gasteiger partial charge in [0.25, 0.3) is 0 Å². The second-order valence-electron chi connectivity index (χ2n) is 5.54. The van der Waals surface area contributed by atoms with Crippen LogP contribution in [0.4, 0.5) is 0 Å². The molecule has 2 fully saturated rings. The summed E-state index contributed by atoms with van der Waals surface area (Å²) in [6.45, 7) is 5.52. The average Bonchev–Trinajstić information content (AvgIpc) is 2.79. The molecule has 0 bridgehead atoms. The predicted molar refractivity (Wildman–Crippen MR) is 77.8 cm³/mol. The zero-order chi connectivity index (χ0) is 14.9. The fraction of sp³-hybridized carbons (Fsp3) is 1.00. The van der Waals surface area contributed by atoms with Gasteiger partial charge in [0.05, 0.1) is 30.4 Å². The second-order valence-corrected chi connectivity index (χ2v) is 10.1. The number of hydrogen-bond donors (Lipinski definition) is 1. The first-order valence-electron chi connectivity index (χ1n) is 7.17. The molecule has 0 aromatic rings. The lowest BCUT2D eigenvalue weighted by atomic mass is 9.81. The first-order valence-corrected chi connectivity index (χ1v) is 10.6. The van der Waals surface area contributed by atoms with E-state index in [1.54, 1.807) is 13.8 Å². The van der Waals surface area contributed by atoms with E-state index >= 15 is 0 Å². The number of nitrogens with one attached hydrogen (secondary N) is 1. The lowest BCUT2D eigenvalue weighted by molar-refractivity contribution is 0.185. The van der Waals surface area contributed by atoms with Gasteiger partial charge in [-0.1, -0.05) is 0 Å². The minimum atomic E-state index is -3.20. The molecule has 0 saturated carbocycles. The fourth-order valence-electron chi connectivity index (χ4n) is 3.27. The molecule has 1 unspecified atom stereocenters. The Hall–Kier alpha value is 0.0600. The molecule has 0 aromatic carbocycles. The quantitative estimate of drug-likeness (QED) is 0.770. The summed E-state index contributed by atoms with van der Waals surface area (Å²) in [7, 11) is -6.14. The summed E-state index contributed by atoms with van der Waals surface area (Å²) >= 11 is 0. The zero-order valence-corrected chi connectivity index (χ0v) is 13.8. The van der Waals surface area contributed by atoms with Gasteiger partial charge in [-0.25, -0.2) is 8.42 Å². The molecule has 1 atom stereocenters. The van der Waals surface area contributed by atoms with Crippen molar-refractivity contribution in [3.05, 3.63) is 0 Å². The standard InChI is InChI=1S/C12H24NO5PS/c1-3-17-19(14,18-4-2)11-9-13-10-12(11)5-7-20(15,16)8-6-12/h11,13H,3-10H2,1-2H3. The van der Waals surface area contributed by atoms with Crippen molar-refractivity contribution >= 4 is 17.4 Å². The van der Waals surface area contributed by atoms with Crippen LogP contribution >= 0.6 is 7.60 Å². The van der Waals surface area contributed by atoms with Gasteiger partial charge < -0.3 is 14.4 Å². The van der Waals surface area contributed by atoms with Crippen molar-refractivity contribution in [2.45, 2.75) is 32.3 Å². The number of hydrogen-bond acceptors (Lipinski definition) is 6. The Morgan fingerprint density at radius 3 is 2.25 bits per heavy atom. The molecular weight excluding hydrogens is 301 g/mol. The molecule has 118 valence electrons. The third kappa shape index (κ3) is 3.12. The molecule has 0 aliphatic carbocycles. The first-order chi connectivity index (χ1) is 9.37. The molecule has 0 amide bonds. The van der Waals surface area contributed by atoms with Crippen molar-refractivity contribution in [2.24, 2.45) is 5.41 Å². The summed E-state index contributed by atoms with van der Waals surface area (Å²) in [5.41, 5.74) is -0.518. The molecule has 2 saturated heterocycles. The van der Waals surface area contributed by atoms with E-state index < -0.39 is 17.4 Å². The SMILES string of the molecule is CCOP(=O)(OCC)C1CNCC12CCS(=O)(=O)CC2. The number of sulfone groups is 1. The molecule has 0 aromatic heterocycles. The van der Waals surface area contributed by atoms with Crippen LogP contribution in [0.25, 0.3) is 0 Å². The van der Waals surface area contributed by atoms with Gasteiger partial charge in [-0.3, -0.25) is 4.57 Å². The Morgan fingerprint density at radius 1 is 1.20 bits per heavy atom. The van der Waals surface area contributed by atoms with E-state index in [1.807, 2.05) is 0 Å². The first kappa shape index (κ1) is 16.4. The van der Waals surface area contributed by atoms with Crippen LogP contribution in [0.15, 0.2) is 0 Å². The second kappa shape index (κ2) is 6.05. The van der Waals surface area contributed by atoms with Gasteiger partial charge in [-0.2, -0.15) is 0 Å². The van der Waals surface area contributed by atoms with Crippen molar-refractivity contribution < 1.29 is 22.0 Å². The van der Waals surface area contributed by atoms with Crippen molar-refractivity contribution in [2.75, 3.05) is 37.8 Å². The highest BCUT2D eigenvalue weighted by Gasteiger charge is 2.55. The molecule has 20 heavy (non-hydrogen) atoms. The molecule has 8 heteroatoms. The van der Waals surface area contributed by atoms with Gasteiger partial charge in [0.1, 0.15) is 9.84 Å². The van der Waals surface area contributed by atoms with E-state index in [2.05, 4.69) is 5.32 Å². The summed E-state index contributed by atoms with van der Waals surface area (Å²) in [5, 5.41) is 3.26. The van der Waals surface area contributed by atoms with Crippen LogP contribution in [-0.2, 0) is 23.4 Å². The molecule has 2 aliphatic heterocycles. The van der Waals surface area contributed by atoms with Gasteiger partial charge in [0.2, 0.25) is 0 Å². The third-order valence-electron chi connectivity index (χ3n) is 4.34. The van der Waals surface area contributed by atoms with Crippen LogP contribution < -0.4 is 5.32 Å². The summed E-state index contributed by atoms with van der Waals surface area (Å²) in [6.07, 6.45) is 1.08. The van der Waals surface area contributed by atoms with E-state index in [-0.39, 0.29) is 22.6 Å². The van der Waals surface area contributed by atoms with Crippen LogP contribution in [0.5, 0.6) is 0 Å². The van der Waals surface area contributed by atoms with Crippen LogP contribution in [0, 0.1) is 5.41 Å². The van der Waals surface area contributed by atoms with Gasteiger partial charge in [-0.05, 0) is 26.7 Å². The lowest BCUT2D eigenvalue weighted by Gasteiger charge is -2.40. The highest BCUT2D eigenvalue weighted by molar-refractivity contribution is 7.91. The van der Waals surface area contributed by atoms with Crippen molar-refractivity contribution in [3.63, 3.8) is 0 Å². The molecule has 1 N–H and O–H groups in total. The van der Waals surface area contributed by atoms with Gasteiger partial charge >= 0.3 is 7.60 Å². The van der Waals surface area contributed by atoms with Gasteiger partial charge in [0.15, 0.2) is 0 Å². The van der Waals surface area contributed by atoms with E-state index in [0.717, 1.165) is 0 Å². The molecule has 2 heterocycles. The third-order valence-corrected chi connectivity index (χ3v) is 8.73. The van der Waals surface area contributed by atoms with Crippen molar-refractivity contribution in [3.8, 4) is 0 Å². The largest absolute Gasteiger partial charge is 0.335 e. The van der Waals surface area contributed by atoms with Crippen molar-refractivity contribution in [1.82, 2.24) is 5.32 Å². The molecule has 2 aliphatic rings. The lowest BCUT2D eigenvalue weighted by Crippen LogP contribution is -2.42. The Kier molecular flexibility index (Phi) is 4.97. The Balaban J connectivity index is 2.24. The topological polar surface area (TPSA) is 81.7 Å². The van der Waals surface area contributed by atoms with Crippen molar-refractivity contribution in [1.29, 1.82) is 0 Å². The maximum absolute atomic E-state index is 13.0. The zero-order valence-electron chi connectivity index (χ0n) is 12.1. The van der Waals surface area contributed by atoms with Gasteiger partial charge in [-0.15, -0.1) is 0 Å². The summed E-state index contributed by atoms with van der Waals surface area (Å²) in [5.74, 6) is 0.340. The smallest absolute Gasteiger partial charge is 0.315 e. The summed E-state index contributed by atoms with van der Waals surface area (Å²) in [4.78, 5) is 0. The normalized spacial score (nSPS) is 28.8. The monoisotopic (exact) mass is 325 g/mol. The molecule has 6 nitrogen and oxygen atoms in total. The Bertz CT molecular complexity index is 468. The van der Waals surface area contributed by atoms with Crippen LogP contribution in [0.1, 0.15) is 26.7 Å². The maximum Gasteiger partial charge on any atom is 0.335 e. The maximum atomic E-state index is 13.0. The van der Waals surface area contributed by atoms with Crippen LogP contribution in [-0.4, -0.2) is 51.9 Å². The predicted octanol–water partition coefficient (Wildman–Crippen LogP) is 1.42. The minimum absolute atomic E-state index is 0.170. The summed E-state index contributed by atoms with van der Waals surface area (Å²) in [6, 6.07) is 0. The molecular formula is C12H24NO5PS. The van der Waals surface area contributed by atoms with Gasteiger partial charge in [0, 0.05) is 18.5 Å².